The number of aromatic nitrogens is 7. The molecule has 10 rings (SSSR count). The SMILES string of the molecule is CC(C)CNc1nc2ccccc2n2c(-c3ccc(C(=O)Nc4cccc(NC(=O)c5ccncc5)c4)cc3)cnc12.CC(C)CNc1nc2ccccc2n2c(-c3ccc(S(C)(=O)=O)cc3)cnc12. The second-order valence-electron chi connectivity index (χ2n) is 17.7. The number of hydrogen-bond donors (Lipinski definition) is 4. The van der Waals surface area contributed by atoms with E-state index >= 15 is 0 Å². The number of carbonyl (C=O) groups excluding carboxylic acids is 2. The van der Waals surface area contributed by atoms with E-state index < -0.39 is 9.84 Å². The Bertz CT molecular complexity index is 3630. The molecule has 352 valence electrons. The van der Waals surface area contributed by atoms with Gasteiger partial charge in [0.2, 0.25) is 0 Å². The minimum absolute atomic E-state index is 0.254. The van der Waals surface area contributed by atoms with Gasteiger partial charge >= 0.3 is 0 Å². The number of hydrogen-bond acceptors (Lipinski definition) is 11. The Labute approximate surface area is 405 Å². The summed E-state index contributed by atoms with van der Waals surface area (Å²) in [4.78, 5) is 48.7. The maximum Gasteiger partial charge on any atom is 0.255 e. The molecule has 5 aromatic carbocycles. The van der Waals surface area contributed by atoms with E-state index in [1.807, 2.05) is 79.0 Å². The lowest BCUT2D eigenvalue weighted by atomic mass is 10.1. The van der Waals surface area contributed by atoms with Crippen LogP contribution in [0.5, 0.6) is 0 Å². The lowest BCUT2D eigenvalue weighted by Crippen LogP contribution is -2.14. The molecule has 0 unspecified atom stereocenters. The Hall–Kier alpha value is -8.50. The topological polar surface area (TPSA) is 190 Å². The highest BCUT2D eigenvalue weighted by Crippen LogP contribution is 2.31. The van der Waals surface area contributed by atoms with Crippen molar-refractivity contribution in [3.05, 3.63) is 169 Å². The van der Waals surface area contributed by atoms with Crippen LogP contribution >= 0.6 is 0 Å². The lowest BCUT2D eigenvalue weighted by molar-refractivity contribution is 0.101. The highest BCUT2D eigenvalue weighted by molar-refractivity contribution is 7.90. The summed E-state index contributed by atoms with van der Waals surface area (Å²) in [6.45, 7) is 10.2. The third kappa shape index (κ3) is 10.2. The van der Waals surface area contributed by atoms with Crippen molar-refractivity contribution in [3.63, 3.8) is 0 Å². The summed E-state index contributed by atoms with van der Waals surface area (Å²) in [6, 6.07) is 40.5. The predicted octanol–water partition coefficient (Wildman–Crippen LogP) is 10.5. The first kappa shape index (κ1) is 46.6. The van der Waals surface area contributed by atoms with Crippen molar-refractivity contribution in [3.8, 4) is 22.5 Å². The first-order chi connectivity index (χ1) is 33.8. The number of amides is 2. The van der Waals surface area contributed by atoms with Crippen LogP contribution in [0.3, 0.4) is 0 Å². The van der Waals surface area contributed by atoms with Crippen molar-refractivity contribution < 1.29 is 18.0 Å². The van der Waals surface area contributed by atoms with Crippen LogP contribution in [0.2, 0.25) is 0 Å². The Kier molecular flexibility index (Phi) is 13.3. The molecule has 5 heterocycles. The molecular formula is C54H51N11O4S. The van der Waals surface area contributed by atoms with Crippen molar-refractivity contribution in [2.24, 2.45) is 11.8 Å². The van der Waals surface area contributed by atoms with Gasteiger partial charge in [0.15, 0.2) is 32.8 Å². The number of para-hydroxylation sites is 4. The van der Waals surface area contributed by atoms with Gasteiger partial charge in [-0.25, -0.2) is 28.4 Å². The quantitative estimate of drug-likeness (QED) is 0.0860. The summed E-state index contributed by atoms with van der Waals surface area (Å²) in [5, 5.41) is 12.6. The van der Waals surface area contributed by atoms with Crippen LogP contribution in [-0.4, -0.2) is 73.3 Å². The smallest absolute Gasteiger partial charge is 0.255 e. The monoisotopic (exact) mass is 949 g/mol. The number of benzene rings is 5. The van der Waals surface area contributed by atoms with Crippen LogP contribution in [0.15, 0.2) is 163 Å². The largest absolute Gasteiger partial charge is 0.367 e. The molecule has 70 heavy (non-hydrogen) atoms. The van der Waals surface area contributed by atoms with Gasteiger partial charge in [-0.3, -0.25) is 23.4 Å². The molecule has 0 aliphatic rings. The molecule has 5 aromatic heterocycles. The van der Waals surface area contributed by atoms with Gasteiger partial charge < -0.3 is 21.3 Å². The van der Waals surface area contributed by atoms with Crippen molar-refractivity contribution in [2.75, 3.05) is 40.6 Å². The normalized spacial score (nSPS) is 11.5. The maximum atomic E-state index is 13.1. The molecule has 15 nitrogen and oxygen atoms in total. The van der Waals surface area contributed by atoms with Gasteiger partial charge in [-0.05, 0) is 90.7 Å². The molecule has 0 spiro atoms. The fourth-order valence-corrected chi connectivity index (χ4v) is 8.49. The van der Waals surface area contributed by atoms with Crippen LogP contribution in [0.4, 0.5) is 23.0 Å². The van der Waals surface area contributed by atoms with Gasteiger partial charge in [0.1, 0.15) is 0 Å². The van der Waals surface area contributed by atoms with Crippen molar-refractivity contribution in [2.45, 2.75) is 32.6 Å². The van der Waals surface area contributed by atoms with Gasteiger partial charge in [0.05, 0.1) is 50.7 Å². The average Bonchev–Trinajstić information content (AvgIpc) is 4.02. The molecule has 0 aliphatic carbocycles. The van der Waals surface area contributed by atoms with Crippen LogP contribution < -0.4 is 21.3 Å². The fourth-order valence-electron chi connectivity index (χ4n) is 7.86. The highest BCUT2D eigenvalue weighted by Gasteiger charge is 2.18. The molecule has 0 atom stereocenters. The average molecular weight is 950 g/mol. The Morgan fingerprint density at radius 2 is 1.00 bits per heavy atom. The number of anilines is 4. The number of carbonyl (C=O) groups is 2. The fraction of sp³-hybridized carbons (Fsp3) is 0.167. The minimum atomic E-state index is -3.23. The molecule has 10 aromatic rings. The second-order valence-corrected chi connectivity index (χ2v) is 19.7. The molecule has 16 heteroatoms. The number of pyridine rings is 1. The number of nitrogens with one attached hydrogen (secondary N) is 4. The van der Waals surface area contributed by atoms with Crippen molar-refractivity contribution in [1.29, 1.82) is 0 Å². The number of rotatable bonds is 13. The van der Waals surface area contributed by atoms with Crippen molar-refractivity contribution >= 4 is 78.0 Å². The van der Waals surface area contributed by atoms with Gasteiger partial charge in [0, 0.05) is 65.4 Å². The molecule has 0 fully saturated rings. The zero-order valence-electron chi connectivity index (χ0n) is 39.3. The van der Waals surface area contributed by atoms with Gasteiger partial charge in [-0.15, -0.1) is 0 Å². The Morgan fingerprint density at radius 3 is 1.46 bits per heavy atom. The standard InChI is InChI=1S/C33H29N7O2.C21H22N4O2S/c1-21(2)19-35-30-31-36-20-29(40(31)28-9-4-3-8-27(28)39-30)22-10-12-23(13-11-22)32(41)37-25-6-5-7-26(18-25)38-33(42)24-14-16-34-17-15-24;1-14(2)12-22-20-21-23-13-19(15-8-10-16(11-9-15)28(3,26)27)25(21)18-7-5-4-6-17(18)24-20/h3-18,20-21H,19H2,1-2H3,(H,35,39)(H,37,41)(H,38,42);4-11,13-14H,12H2,1-3H3,(H,22,24). The number of nitrogens with zero attached hydrogens (tertiary/aromatic N) is 7. The van der Waals surface area contributed by atoms with Crippen LogP contribution in [0.1, 0.15) is 48.4 Å². The number of sulfone groups is 1. The van der Waals surface area contributed by atoms with E-state index in [1.54, 1.807) is 79.3 Å². The first-order valence-electron chi connectivity index (χ1n) is 22.8. The van der Waals surface area contributed by atoms with Gasteiger partial charge in [-0.1, -0.05) is 82.3 Å². The highest BCUT2D eigenvalue weighted by atomic mass is 32.2. The zero-order chi connectivity index (χ0) is 48.9. The second kappa shape index (κ2) is 20.0. The summed E-state index contributed by atoms with van der Waals surface area (Å²) < 4.78 is 27.7. The Morgan fingerprint density at radius 1 is 0.557 bits per heavy atom. The van der Waals surface area contributed by atoms with E-state index in [4.69, 9.17) is 15.0 Å². The van der Waals surface area contributed by atoms with E-state index in [-0.39, 0.29) is 11.8 Å². The summed E-state index contributed by atoms with van der Waals surface area (Å²) >= 11 is 0. The van der Waals surface area contributed by atoms with Gasteiger partial charge in [0.25, 0.3) is 11.8 Å². The summed E-state index contributed by atoms with van der Waals surface area (Å²) in [5.74, 6) is 1.91. The van der Waals surface area contributed by atoms with Crippen LogP contribution in [-0.2, 0) is 9.84 Å². The molecule has 0 saturated carbocycles. The molecule has 0 bridgehead atoms. The van der Waals surface area contributed by atoms with Crippen molar-refractivity contribution in [1.82, 2.24) is 33.7 Å². The molecule has 0 saturated heterocycles. The molecule has 0 aliphatic heterocycles. The summed E-state index contributed by atoms with van der Waals surface area (Å²) in [7, 11) is -3.23. The maximum absolute atomic E-state index is 13.1. The van der Waals surface area contributed by atoms with E-state index in [9.17, 15) is 18.0 Å². The van der Waals surface area contributed by atoms with Gasteiger partial charge in [-0.2, -0.15) is 0 Å². The third-order valence-electron chi connectivity index (χ3n) is 11.4. The minimum Gasteiger partial charge on any atom is -0.367 e. The first-order valence-corrected chi connectivity index (χ1v) is 24.7. The zero-order valence-corrected chi connectivity index (χ0v) is 40.1. The predicted molar refractivity (Wildman–Crippen MR) is 278 cm³/mol. The summed E-state index contributed by atoms with van der Waals surface area (Å²) in [5.41, 5.74) is 10.9. The van der Waals surface area contributed by atoms with E-state index in [0.29, 0.717) is 39.2 Å². The molecule has 4 N–H and O–H groups in total. The molecule has 0 radical (unpaired) electrons. The Balaban J connectivity index is 0.000000188. The summed E-state index contributed by atoms with van der Waals surface area (Å²) in [6.07, 6.45) is 7.98. The van der Waals surface area contributed by atoms with Crippen LogP contribution in [0, 0.1) is 11.8 Å². The van der Waals surface area contributed by atoms with Crippen LogP contribution in [0.25, 0.3) is 55.9 Å². The van der Waals surface area contributed by atoms with E-state index in [2.05, 4.69) is 67.7 Å². The molecular weight excluding hydrogens is 899 g/mol. The third-order valence-corrected chi connectivity index (χ3v) is 12.5. The van der Waals surface area contributed by atoms with E-state index in [0.717, 1.165) is 80.6 Å². The number of imidazole rings is 2. The molecule has 2 amide bonds. The van der Waals surface area contributed by atoms with E-state index in [1.165, 1.54) is 6.26 Å². The lowest BCUT2D eigenvalue weighted by Gasteiger charge is -2.13. The number of fused-ring (bicyclic) bond motifs is 6.